The van der Waals surface area contributed by atoms with Gasteiger partial charge in [-0.1, -0.05) is 0 Å². The minimum Gasteiger partial charge on any atom is -0.457 e. The first-order valence-electron chi connectivity index (χ1n) is 11.2. The number of hydrogen-bond donors (Lipinski definition) is 1. The highest BCUT2D eigenvalue weighted by Crippen LogP contribution is 2.21. The van der Waals surface area contributed by atoms with Crippen molar-refractivity contribution in [3.8, 4) is 5.75 Å². The largest absolute Gasteiger partial charge is 0.457 e. The van der Waals surface area contributed by atoms with Crippen molar-refractivity contribution in [2.24, 2.45) is 5.10 Å². The number of rotatable bonds is 7. The number of morpholine rings is 1. The number of aromatic nitrogens is 3. The topological polar surface area (TPSA) is 118 Å². The Morgan fingerprint density at radius 3 is 2.35 bits per heavy atom. The molecule has 2 saturated heterocycles. The molecule has 0 aliphatic carbocycles. The molecular weight excluding hydrogens is 438 g/mol. The van der Waals surface area contributed by atoms with Crippen LogP contribution < -0.4 is 20.0 Å². The Kier molecular flexibility index (Phi) is 6.61. The van der Waals surface area contributed by atoms with Gasteiger partial charge in [0.15, 0.2) is 0 Å². The average Bonchev–Trinajstić information content (AvgIpc) is 3.60. The van der Waals surface area contributed by atoms with Crippen LogP contribution in [0, 0.1) is 0 Å². The summed E-state index contributed by atoms with van der Waals surface area (Å²) in [6.45, 7) is 4.65. The van der Waals surface area contributed by atoms with Gasteiger partial charge in [0.05, 0.1) is 25.7 Å². The lowest BCUT2D eigenvalue weighted by Gasteiger charge is -2.27. The Bertz CT molecular complexity index is 1120. The van der Waals surface area contributed by atoms with E-state index in [1.54, 1.807) is 42.6 Å². The highest BCUT2D eigenvalue weighted by Gasteiger charge is 2.21. The van der Waals surface area contributed by atoms with E-state index in [2.05, 4.69) is 30.3 Å². The van der Waals surface area contributed by atoms with Crippen LogP contribution in [-0.4, -0.2) is 66.5 Å². The minimum absolute atomic E-state index is 0.150. The van der Waals surface area contributed by atoms with Crippen molar-refractivity contribution in [3.63, 3.8) is 0 Å². The normalized spacial score (nSPS) is 16.2. The first kappa shape index (κ1) is 21.8. The minimum atomic E-state index is -0.548. The third kappa shape index (κ3) is 5.31. The van der Waals surface area contributed by atoms with Crippen LogP contribution in [0.5, 0.6) is 5.75 Å². The van der Waals surface area contributed by atoms with Crippen LogP contribution in [0.3, 0.4) is 0 Å². The van der Waals surface area contributed by atoms with Gasteiger partial charge in [0.1, 0.15) is 5.75 Å². The predicted molar refractivity (Wildman–Crippen MR) is 126 cm³/mol. The van der Waals surface area contributed by atoms with Crippen LogP contribution in [0.15, 0.2) is 52.2 Å². The lowest BCUT2D eigenvalue weighted by atomic mass is 10.2. The SMILES string of the molecule is O=C(Oc1ccc(/C=N\Nc2nc(N3CCCC3)nc(N3CCOCC3)n2)cc1)c1ccco1. The average molecular weight is 463 g/mol. The van der Waals surface area contributed by atoms with Crippen molar-refractivity contribution in [3.05, 3.63) is 54.0 Å². The molecule has 176 valence electrons. The van der Waals surface area contributed by atoms with Gasteiger partial charge in [-0.15, -0.1) is 0 Å². The van der Waals surface area contributed by atoms with Crippen molar-refractivity contribution in [2.45, 2.75) is 12.8 Å². The summed E-state index contributed by atoms with van der Waals surface area (Å²) < 4.78 is 15.8. The summed E-state index contributed by atoms with van der Waals surface area (Å²) in [4.78, 5) is 30.1. The number of ether oxygens (including phenoxy) is 2. The van der Waals surface area contributed by atoms with Gasteiger partial charge >= 0.3 is 5.97 Å². The molecule has 2 aliphatic rings. The maximum absolute atomic E-state index is 12.0. The summed E-state index contributed by atoms with van der Waals surface area (Å²) in [5, 5.41) is 4.28. The van der Waals surface area contributed by atoms with Gasteiger partial charge in [-0.2, -0.15) is 20.1 Å². The molecule has 11 nitrogen and oxygen atoms in total. The number of furan rings is 1. The second-order valence-corrected chi connectivity index (χ2v) is 7.86. The maximum atomic E-state index is 12.0. The number of nitrogens with one attached hydrogen (secondary N) is 1. The number of esters is 1. The molecule has 4 heterocycles. The number of hydrogen-bond acceptors (Lipinski definition) is 11. The van der Waals surface area contributed by atoms with Crippen LogP contribution in [0.2, 0.25) is 0 Å². The van der Waals surface area contributed by atoms with E-state index in [0.29, 0.717) is 36.8 Å². The number of carbonyl (C=O) groups excluding carboxylic acids is 1. The maximum Gasteiger partial charge on any atom is 0.379 e. The Labute approximate surface area is 196 Å². The fraction of sp³-hybridized carbons (Fsp3) is 0.348. The van der Waals surface area contributed by atoms with Gasteiger partial charge < -0.3 is 23.7 Å². The van der Waals surface area contributed by atoms with E-state index in [0.717, 1.165) is 44.6 Å². The summed E-state index contributed by atoms with van der Waals surface area (Å²) in [6.07, 6.45) is 5.33. The fourth-order valence-electron chi connectivity index (χ4n) is 3.71. The number of carbonyl (C=O) groups is 1. The lowest BCUT2D eigenvalue weighted by molar-refractivity contribution is 0.0701. The molecule has 2 aliphatic heterocycles. The van der Waals surface area contributed by atoms with Gasteiger partial charge in [-0.05, 0) is 54.8 Å². The Hall–Kier alpha value is -3.99. The molecule has 2 aromatic heterocycles. The zero-order valence-corrected chi connectivity index (χ0v) is 18.6. The molecule has 0 unspecified atom stereocenters. The van der Waals surface area contributed by atoms with Crippen LogP contribution >= 0.6 is 0 Å². The van der Waals surface area contributed by atoms with E-state index >= 15 is 0 Å². The first-order valence-corrected chi connectivity index (χ1v) is 11.2. The molecule has 11 heteroatoms. The number of anilines is 3. The molecule has 0 atom stereocenters. The third-order valence-electron chi connectivity index (χ3n) is 5.49. The molecular formula is C23H25N7O4. The lowest BCUT2D eigenvalue weighted by Crippen LogP contribution is -2.38. The third-order valence-corrected chi connectivity index (χ3v) is 5.49. The smallest absolute Gasteiger partial charge is 0.379 e. The van der Waals surface area contributed by atoms with Crippen molar-refractivity contribution in [1.82, 2.24) is 15.0 Å². The highest BCUT2D eigenvalue weighted by atomic mass is 16.5. The zero-order chi connectivity index (χ0) is 23.2. The number of hydrazone groups is 1. The van der Waals surface area contributed by atoms with Gasteiger partial charge in [0.2, 0.25) is 23.6 Å². The molecule has 1 aromatic carbocycles. The second-order valence-electron chi connectivity index (χ2n) is 7.86. The molecule has 0 spiro atoms. The number of benzene rings is 1. The van der Waals surface area contributed by atoms with E-state index in [1.807, 2.05) is 0 Å². The van der Waals surface area contributed by atoms with Crippen LogP contribution in [-0.2, 0) is 4.74 Å². The van der Waals surface area contributed by atoms with Crippen molar-refractivity contribution < 1.29 is 18.7 Å². The highest BCUT2D eigenvalue weighted by molar-refractivity contribution is 5.88. The van der Waals surface area contributed by atoms with E-state index in [1.165, 1.54) is 6.26 Å². The Morgan fingerprint density at radius 2 is 1.68 bits per heavy atom. The summed E-state index contributed by atoms with van der Waals surface area (Å²) in [5.41, 5.74) is 3.74. The van der Waals surface area contributed by atoms with Gasteiger partial charge in [0.25, 0.3) is 0 Å². The summed E-state index contributed by atoms with van der Waals surface area (Å²) >= 11 is 0. The molecule has 3 aromatic rings. The van der Waals surface area contributed by atoms with Gasteiger partial charge in [0, 0.05) is 26.2 Å². The van der Waals surface area contributed by atoms with Crippen molar-refractivity contribution in [1.29, 1.82) is 0 Å². The fourth-order valence-corrected chi connectivity index (χ4v) is 3.71. The van der Waals surface area contributed by atoms with Gasteiger partial charge in [-0.3, -0.25) is 0 Å². The Morgan fingerprint density at radius 1 is 0.971 bits per heavy atom. The van der Waals surface area contributed by atoms with Crippen LogP contribution in [0.1, 0.15) is 29.0 Å². The standard InChI is InChI=1S/C23H25N7O4/c31-20(19-4-3-13-33-19)34-18-7-5-17(6-8-18)16-24-28-21-25-22(29-9-1-2-10-29)27-23(26-21)30-11-14-32-15-12-30/h3-8,13,16H,1-2,9-12,14-15H2,(H,25,26,27,28)/b24-16-. The number of nitrogens with zero attached hydrogens (tertiary/aromatic N) is 6. The molecule has 0 saturated carbocycles. The van der Waals surface area contributed by atoms with Crippen LogP contribution in [0.25, 0.3) is 0 Å². The predicted octanol–water partition coefficient (Wildman–Crippen LogP) is 2.57. The molecule has 0 radical (unpaired) electrons. The Balaban J connectivity index is 1.25. The van der Waals surface area contributed by atoms with Crippen molar-refractivity contribution >= 4 is 30.0 Å². The van der Waals surface area contributed by atoms with Gasteiger partial charge in [-0.25, -0.2) is 10.2 Å². The zero-order valence-electron chi connectivity index (χ0n) is 18.6. The monoisotopic (exact) mass is 463 g/mol. The molecule has 5 rings (SSSR count). The summed E-state index contributed by atoms with van der Waals surface area (Å²) in [6, 6.07) is 10.1. The molecule has 0 amide bonds. The molecule has 2 fully saturated rings. The summed E-state index contributed by atoms with van der Waals surface area (Å²) in [5.74, 6) is 1.69. The quantitative estimate of drug-likeness (QED) is 0.242. The molecule has 1 N–H and O–H groups in total. The van der Waals surface area contributed by atoms with E-state index in [-0.39, 0.29) is 5.76 Å². The van der Waals surface area contributed by atoms with E-state index in [4.69, 9.17) is 18.9 Å². The first-order chi connectivity index (χ1) is 16.7. The second kappa shape index (κ2) is 10.3. The van der Waals surface area contributed by atoms with E-state index in [9.17, 15) is 4.79 Å². The van der Waals surface area contributed by atoms with E-state index < -0.39 is 5.97 Å². The van der Waals surface area contributed by atoms with Crippen molar-refractivity contribution in [2.75, 3.05) is 54.6 Å². The summed E-state index contributed by atoms with van der Waals surface area (Å²) in [7, 11) is 0. The molecule has 34 heavy (non-hydrogen) atoms. The molecule has 0 bridgehead atoms. The van der Waals surface area contributed by atoms with Crippen LogP contribution in [0.4, 0.5) is 17.8 Å².